The minimum Gasteiger partial charge on any atom is -0.368 e. The SMILES string of the molecule is Cc1cccc(-c2cc(CCCc3cnc[nH]3)nc(N)n2)c1C. The van der Waals surface area contributed by atoms with Crippen LogP contribution in [-0.2, 0) is 12.8 Å². The molecule has 3 aromatic rings. The summed E-state index contributed by atoms with van der Waals surface area (Å²) in [4.78, 5) is 15.9. The number of anilines is 1. The molecule has 118 valence electrons. The smallest absolute Gasteiger partial charge is 0.220 e. The second-order valence-corrected chi connectivity index (χ2v) is 5.78. The van der Waals surface area contributed by atoms with Gasteiger partial charge in [-0.2, -0.15) is 0 Å². The molecule has 3 rings (SSSR count). The van der Waals surface area contributed by atoms with Gasteiger partial charge in [0.05, 0.1) is 12.0 Å². The Morgan fingerprint density at radius 3 is 2.78 bits per heavy atom. The Bertz CT molecular complexity index is 793. The normalized spacial score (nSPS) is 10.9. The molecule has 0 saturated heterocycles. The van der Waals surface area contributed by atoms with E-state index in [1.54, 1.807) is 6.33 Å². The van der Waals surface area contributed by atoms with Crippen molar-refractivity contribution in [3.63, 3.8) is 0 Å². The van der Waals surface area contributed by atoms with E-state index in [1.165, 1.54) is 11.1 Å². The van der Waals surface area contributed by atoms with E-state index in [-0.39, 0.29) is 0 Å². The zero-order chi connectivity index (χ0) is 16.2. The molecule has 5 heteroatoms. The standard InChI is InChI=1S/C18H21N5/c1-12-5-3-8-16(13(12)2)17-9-14(22-18(19)23-17)6-4-7-15-10-20-11-21-15/h3,5,8-11H,4,6-7H2,1-2H3,(H,20,21)(H2,19,22,23). The van der Waals surface area contributed by atoms with Crippen molar-refractivity contribution in [3.8, 4) is 11.3 Å². The topological polar surface area (TPSA) is 80.5 Å². The summed E-state index contributed by atoms with van der Waals surface area (Å²) in [5.74, 6) is 0.333. The number of nitrogens with zero attached hydrogens (tertiary/aromatic N) is 3. The van der Waals surface area contributed by atoms with Crippen molar-refractivity contribution >= 4 is 5.95 Å². The first-order valence-corrected chi connectivity index (χ1v) is 7.81. The molecule has 0 radical (unpaired) electrons. The van der Waals surface area contributed by atoms with E-state index in [0.717, 1.165) is 41.9 Å². The van der Waals surface area contributed by atoms with Crippen molar-refractivity contribution < 1.29 is 0 Å². The monoisotopic (exact) mass is 307 g/mol. The van der Waals surface area contributed by atoms with Crippen molar-refractivity contribution in [1.29, 1.82) is 0 Å². The number of aromatic nitrogens is 4. The van der Waals surface area contributed by atoms with Gasteiger partial charge in [0.1, 0.15) is 0 Å². The lowest BCUT2D eigenvalue weighted by molar-refractivity contribution is 0.784. The van der Waals surface area contributed by atoms with E-state index in [2.05, 4.69) is 45.9 Å². The van der Waals surface area contributed by atoms with Crippen molar-refractivity contribution in [1.82, 2.24) is 19.9 Å². The summed E-state index contributed by atoms with van der Waals surface area (Å²) < 4.78 is 0. The van der Waals surface area contributed by atoms with Gasteiger partial charge in [-0.25, -0.2) is 15.0 Å². The van der Waals surface area contributed by atoms with Gasteiger partial charge in [-0.3, -0.25) is 0 Å². The first-order valence-electron chi connectivity index (χ1n) is 7.81. The molecule has 0 spiro atoms. The lowest BCUT2D eigenvalue weighted by Crippen LogP contribution is -2.02. The molecule has 0 fully saturated rings. The predicted octanol–water partition coefficient (Wildman–Crippen LogP) is 3.24. The molecule has 3 N–H and O–H groups in total. The van der Waals surface area contributed by atoms with E-state index >= 15 is 0 Å². The van der Waals surface area contributed by atoms with Crippen molar-refractivity contribution in [2.45, 2.75) is 33.1 Å². The van der Waals surface area contributed by atoms with Crippen LogP contribution < -0.4 is 5.73 Å². The summed E-state index contributed by atoms with van der Waals surface area (Å²) in [6.07, 6.45) is 6.36. The van der Waals surface area contributed by atoms with Gasteiger partial charge in [0, 0.05) is 23.1 Å². The maximum Gasteiger partial charge on any atom is 0.220 e. The molecule has 0 aliphatic rings. The van der Waals surface area contributed by atoms with Crippen molar-refractivity contribution in [2.75, 3.05) is 5.73 Å². The maximum absolute atomic E-state index is 5.91. The fourth-order valence-corrected chi connectivity index (χ4v) is 2.69. The Labute approximate surface area is 136 Å². The Morgan fingerprint density at radius 2 is 2.00 bits per heavy atom. The number of nitrogens with two attached hydrogens (primary N) is 1. The third-order valence-electron chi connectivity index (χ3n) is 4.11. The highest BCUT2D eigenvalue weighted by Crippen LogP contribution is 2.25. The highest BCUT2D eigenvalue weighted by atomic mass is 15.0. The van der Waals surface area contributed by atoms with E-state index in [1.807, 2.05) is 18.3 Å². The summed E-state index contributed by atoms with van der Waals surface area (Å²) in [6.45, 7) is 4.22. The fourth-order valence-electron chi connectivity index (χ4n) is 2.69. The Hall–Kier alpha value is -2.69. The Balaban J connectivity index is 1.80. The number of hydrogen-bond acceptors (Lipinski definition) is 4. The molecule has 1 aromatic carbocycles. The van der Waals surface area contributed by atoms with Crippen LogP contribution in [0.25, 0.3) is 11.3 Å². The third-order valence-corrected chi connectivity index (χ3v) is 4.11. The van der Waals surface area contributed by atoms with Gasteiger partial charge in [-0.05, 0) is 50.3 Å². The van der Waals surface area contributed by atoms with Crippen molar-refractivity contribution in [2.24, 2.45) is 0 Å². The van der Waals surface area contributed by atoms with E-state index in [0.29, 0.717) is 5.95 Å². The van der Waals surface area contributed by atoms with Gasteiger partial charge in [-0.1, -0.05) is 18.2 Å². The van der Waals surface area contributed by atoms with Crippen LogP contribution in [0.3, 0.4) is 0 Å². The molecule has 5 nitrogen and oxygen atoms in total. The van der Waals surface area contributed by atoms with E-state index in [4.69, 9.17) is 5.73 Å². The number of hydrogen-bond donors (Lipinski definition) is 2. The first-order chi connectivity index (χ1) is 11.1. The van der Waals surface area contributed by atoms with Crippen LogP contribution >= 0.6 is 0 Å². The minimum atomic E-state index is 0.333. The van der Waals surface area contributed by atoms with Crippen LogP contribution in [0.15, 0.2) is 36.8 Å². The highest BCUT2D eigenvalue weighted by Gasteiger charge is 2.09. The average Bonchev–Trinajstić information content (AvgIpc) is 3.03. The number of imidazole rings is 1. The van der Waals surface area contributed by atoms with Crippen LogP contribution in [0.1, 0.15) is 28.9 Å². The van der Waals surface area contributed by atoms with Crippen LogP contribution in [-0.4, -0.2) is 19.9 Å². The predicted molar refractivity (Wildman–Crippen MR) is 92.0 cm³/mol. The molecule has 0 atom stereocenters. The Kier molecular flexibility index (Phi) is 4.37. The second-order valence-electron chi connectivity index (χ2n) is 5.78. The van der Waals surface area contributed by atoms with E-state index < -0.39 is 0 Å². The summed E-state index contributed by atoms with van der Waals surface area (Å²) >= 11 is 0. The molecule has 0 aliphatic carbocycles. The molecule has 2 aromatic heterocycles. The Morgan fingerprint density at radius 1 is 1.13 bits per heavy atom. The fraction of sp³-hybridized carbons (Fsp3) is 0.278. The number of benzene rings is 1. The average molecular weight is 307 g/mol. The van der Waals surface area contributed by atoms with Crippen LogP contribution in [0.5, 0.6) is 0 Å². The summed E-state index contributed by atoms with van der Waals surface area (Å²) in [5, 5.41) is 0. The van der Waals surface area contributed by atoms with Gasteiger partial charge in [0.2, 0.25) is 5.95 Å². The first kappa shape index (κ1) is 15.2. The van der Waals surface area contributed by atoms with Crippen LogP contribution in [0.4, 0.5) is 5.95 Å². The number of rotatable bonds is 5. The molecular weight excluding hydrogens is 286 g/mol. The lowest BCUT2D eigenvalue weighted by Gasteiger charge is -2.10. The molecule has 0 aliphatic heterocycles. The van der Waals surface area contributed by atoms with Gasteiger partial charge >= 0.3 is 0 Å². The zero-order valence-corrected chi connectivity index (χ0v) is 13.5. The van der Waals surface area contributed by atoms with Crippen molar-refractivity contribution in [3.05, 3.63) is 59.3 Å². The van der Waals surface area contributed by atoms with E-state index in [9.17, 15) is 0 Å². The zero-order valence-electron chi connectivity index (χ0n) is 13.5. The number of aromatic amines is 1. The lowest BCUT2D eigenvalue weighted by atomic mass is 10.00. The second kappa shape index (κ2) is 6.60. The highest BCUT2D eigenvalue weighted by molar-refractivity contribution is 5.66. The van der Waals surface area contributed by atoms with Gasteiger partial charge in [0.25, 0.3) is 0 Å². The minimum absolute atomic E-state index is 0.333. The largest absolute Gasteiger partial charge is 0.368 e. The molecule has 0 unspecified atom stereocenters. The number of aryl methyl sites for hydroxylation is 3. The summed E-state index contributed by atoms with van der Waals surface area (Å²) in [5.41, 5.74) is 12.5. The summed E-state index contributed by atoms with van der Waals surface area (Å²) in [6, 6.07) is 8.28. The van der Waals surface area contributed by atoms with Gasteiger partial charge in [0.15, 0.2) is 0 Å². The molecule has 0 amide bonds. The number of nitrogen functional groups attached to an aromatic ring is 1. The quantitative estimate of drug-likeness (QED) is 0.758. The molecule has 2 heterocycles. The summed E-state index contributed by atoms with van der Waals surface area (Å²) in [7, 11) is 0. The molecule has 0 saturated carbocycles. The molecular formula is C18H21N5. The maximum atomic E-state index is 5.91. The van der Waals surface area contributed by atoms with Gasteiger partial charge in [-0.15, -0.1) is 0 Å². The third kappa shape index (κ3) is 3.56. The molecule has 0 bridgehead atoms. The van der Waals surface area contributed by atoms with Crippen LogP contribution in [0.2, 0.25) is 0 Å². The van der Waals surface area contributed by atoms with Crippen LogP contribution in [0, 0.1) is 13.8 Å². The molecule has 23 heavy (non-hydrogen) atoms. The number of nitrogens with one attached hydrogen (secondary N) is 1. The number of H-pyrrole nitrogens is 1. The van der Waals surface area contributed by atoms with Gasteiger partial charge < -0.3 is 10.7 Å².